The molecule has 0 bridgehead atoms. The Kier molecular flexibility index (Phi) is 5.31. The van der Waals surface area contributed by atoms with E-state index < -0.39 is 5.41 Å². The molecular formula is C24H21N3O2. The van der Waals surface area contributed by atoms with E-state index in [0.717, 1.165) is 11.3 Å². The van der Waals surface area contributed by atoms with Gasteiger partial charge in [0.25, 0.3) is 0 Å². The molecule has 29 heavy (non-hydrogen) atoms. The Bertz CT molecular complexity index is 1090. The van der Waals surface area contributed by atoms with Gasteiger partial charge in [-0.25, -0.2) is 4.98 Å². The average Bonchev–Trinajstić information content (AvgIpc) is 2.82. The van der Waals surface area contributed by atoms with Gasteiger partial charge in [0.2, 0.25) is 5.88 Å². The lowest BCUT2D eigenvalue weighted by Gasteiger charge is -2.31. The fraction of sp³-hybridized carbons (Fsp3) is 0.125. The van der Waals surface area contributed by atoms with Crippen molar-refractivity contribution in [1.82, 2.24) is 15.0 Å². The lowest BCUT2D eigenvalue weighted by Crippen LogP contribution is -2.36. The number of aliphatic hydroxyl groups is 1. The van der Waals surface area contributed by atoms with Crippen LogP contribution in [0.5, 0.6) is 5.88 Å². The molecule has 0 aliphatic heterocycles. The number of benzene rings is 1. The van der Waals surface area contributed by atoms with Crippen molar-refractivity contribution >= 4 is 0 Å². The minimum atomic E-state index is -1.03. The summed E-state index contributed by atoms with van der Waals surface area (Å²) in [4.78, 5) is 14.1. The van der Waals surface area contributed by atoms with Crippen LogP contribution in [0.4, 0.5) is 0 Å². The zero-order valence-electron chi connectivity index (χ0n) is 16.1. The van der Waals surface area contributed by atoms with Crippen LogP contribution in [0.1, 0.15) is 17.1 Å². The second kappa shape index (κ2) is 8.20. The number of hydrogen-bond donors (Lipinski definition) is 1. The summed E-state index contributed by atoms with van der Waals surface area (Å²) in [7, 11) is 1.57. The highest BCUT2D eigenvalue weighted by Crippen LogP contribution is 2.37. The Morgan fingerprint density at radius 1 is 0.759 bits per heavy atom. The topological polar surface area (TPSA) is 68.1 Å². The zero-order chi connectivity index (χ0) is 20.1. The van der Waals surface area contributed by atoms with E-state index in [4.69, 9.17) is 9.72 Å². The highest BCUT2D eigenvalue weighted by atomic mass is 16.5. The monoisotopic (exact) mass is 383 g/mol. The molecule has 1 N–H and O–H groups in total. The molecule has 0 amide bonds. The van der Waals surface area contributed by atoms with Gasteiger partial charge in [-0.3, -0.25) is 9.97 Å². The number of methoxy groups -OCH3 is 1. The van der Waals surface area contributed by atoms with Crippen molar-refractivity contribution in [2.45, 2.75) is 5.41 Å². The molecule has 0 radical (unpaired) electrons. The maximum absolute atomic E-state index is 10.7. The molecule has 1 atom stereocenters. The van der Waals surface area contributed by atoms with E-state index in [1.165, 1.54) is 0 Å². The Balaban J connectivity index is 1.96. The summed E-state index contributed by atoms with van der Waals surface area (Å²) < 4.78 is 5.33. The van der Waals surface area contributed by atoms with E-state index in [1.54, 1.807) is 19.4 Å². The third-order valence-electron chi connectivity index (χ3n) is 4.97. The van der Waals surface area contributed by atoms with Crippen LogP contribution >= 0.6 is 0 Å². The molecule has 4 aromatic rings. The zero-order valence-corrected chi connectivity index (χ0v) is 16.1. The van der Waals surface area contributed by atoms with Crippen LogP contribution in [0, 0.1) is 0 Å². The van der Waals surface area contributed by atoms with Crippen molar-refractivity contribution in [1.29, 1.82) is 0 Å². The van der Waals surface area contributed by atoms with Gasteiger partial charge in [-0.1, -0.05) is 48.5 Å². The summed E-state index contributed by atoms with van der Waals surface area (Å²) in [6.45, 7) is -0.241. The Hall–Kier alpha value is -3.57. The van der Waals surface area contributed by atoms with Crippen LogP contribution < -0.4 is 4.74 Å². The number of aliphatic hydroxyl groups excluding tert-OH is 1. The van der Waals surface area contributed by atoms with Gasteiger partial charge in [0, 0.05) is 17.8 Å². The SMILES string of the molecule is COc1cccc(C(CO)(c2ccccn2)c2cccc(-c3ccccc3)n2)n1. The van der Waals surface area contributed by atoms with Crippen molar-refractivity contribution in [3.63, 3.8) is 0 Å². The highest BCUT2D eigenvalue weighted by molar-refractivity contribution is 5.60. The molecule has 4 rings (SSSR count). The van der Waals surface area contributed by atoms with E-state index in [2.05, 4.69) is 9.97 Å². The number of aromatic nitrogens is 3. The second-order valence-corrected chi connectivity index (χ2v) is 6.62. The molecule has 0 aliphatic carbocycles. The lowest BCUT2D eigenvalue weighted by molar-refractivity contribution is 0.234. The number of rotatable bonds is 6. The standard InChI is InChI=1S/C24H21N3O2/c1-29-23-15-8-14-22(27-23)24(17-28,20-12-5-6-16-25-20)21-13-7-11-19(26-21)18-9-3-2-4-10-18/h2-16,28H,17H2,1H3. The molecule has 0 saturated carbocycles. The third kappa shape index (κ3) is 3.48. The Labute approximate surface area is 169 Å². The fourth-order valence-electron chi connectivity index (χ4n) is 3.46. The summed E-state index contributed by atoms with van der Waals surface area (Å²) in [6, 6.07) is 26.9. The molecule has 1 aromatic carbocycles. The Morgan fingerprint density at radius 3 is 2.14 bits per heavy atom. The molecule has 5 nitrogen and oxygen atoms in total. The third-order valence-corrected chi connectivity index (χ3v) is 4.97. The lowest BCUT2D eigenvalue weighted by atomic mass is 9.77. The molecule has 3 aromatic heterocycles. The van der Waals surface area contributed by atoms with Gasteiger partial charge in [0.1, 0.15) is 5.41 Å². The van der Waals surface area contributed by atoms with Crippen molar-refractivity contribution in [2.75, 3.05) is 13.7 Å². The maximum atomic E-state index is 10.7. The number of hydrogen-bond acceptors (Lipinski definition) is 5. The molecule has 1 unspecified atom stereocenters. The van der Waals surface area contributed by atoms with Crippen LogP contribution in [-0.2, 0) is 5.41 Å². The van der Waals surface area contributed by atoms with E-state index >= 15 is 0 Å². The predicted octanol–water partition coefficient (Wildman–Crippen LogP) is 3.87. The summed E-state index contributed by atoms with van der Waals surface area (Å²) in [5.74, 6) is 0.468. The van der Waals surface area contributed by atoms with Crippen molar-refractivity contribution < 1.29 is 9.84 Å². The van der Waals surface area contributed by atoms with Crippen LogP contribution in [0.2, 0.25) is 0 Å². The molecule has 0 saturated heterocycles. The van der Waals surface area contributed by atoms with Crippen LogP contribution in [-0.4, -0.2) is 33.8 Å². The highest BCUT2D eigenvalue weighted by Gasteiger charge is 2.40. The minimum absolute atomic E-state index is 0.241. The van der Waals surface area contributed by atoms with Crippen LogP contribution in [0.3, 0.4) is 0 Å². The van der Waals surface area contributed by atoms with Crippen LogP contribution in [0.25, 0.3) is 11.3 Å². The summed E-state index contributed by atoms with van der Waals surface area (Å²) in [5.41, 5.74) is 2.75. The quantitative estimate of drug-likeness (QED) is 0.547. The van der Waals surface area contributed by atoms with Gasteiger partial charge in [-0.05, 0) is 30.3 Å². The largest absolute Gasteiger partial charge is 0.481 e. The molecule has 0 fully saturated rings. The smallest absolute Gasteiger partial charge is 0.213 e. The van der Waals surface area contributed by atoms with E-state index in [-0.39, 0.29) is 6.61 Å². The van der Waals surface area contributed by atoms with Gasteiger partial charge < -0.3 is 9.84 Å². The molecule has 3 heterocycles. The van der Waals surface area contributed by atoms with Gasteiger partial charge in [0.15, 0.2) is 0 Å². The van der Waals surface area contributed by atoms with Crippen LogP contribution in [0.15, 0.2) is 91.1 Å². The Morgan fingerprint density at radius 2 is 1.45 bits per heavy atom. The summed E-state index contributed by atoms with van der Waals surface area (Å²) in [6.07, 6.45) is 1.71. The molecular weight excluding hydrogens is 362 g/mol. The first kappa shape index (κ1) is 18.8. The summed E-state index contributed by atoms with van der Waals surface area (Å²) >= 11 is 0. The van der Waals surface area contributed by atoms with Gasteiger partial charge in [0.05, 0.1) is 36.5 Å². The van der Waals surface area contributed by atoms with Crippen molar-refractivity contribution in [3.05, 3.63) is 108 Å². The van der Waals surface area contributed by atoms with Crippen molar-refractivity contribution in [2.24, 2.45) is 0 Å². The molecule has 5 heteroatoms. The maximum Gasteiger partial charge on any atom is 0.213 e. The van der Waals surface area contributed by atoms with Gasteiger partial charge in [-0.15, -0.1) is 0 Å². The van der Waals surface area contributed by atoms with Gasteiger partial charge >= 0.3 is 0 Å². The average molecular weight is 383 g/mol. The first-order chi connectivity index (χ1) is 14.3. The number of pyridine rings is 3. The first-order valence-electron chi connectivity index (χ1n) is 9.35. The van der Waals surface area contributed by atoms with E-state index in [0.29, 0.717) is 23.0 Å². The number of nitrogens with zero attached hydrogens (tertiary/aromatic N) is 3. The second-order valence-electron chi connectivity index (χ2n) is 6.62. The molecule has 0 aliphatic rings. The summed E-state index contributed by atoms with van der Waals surface area (Å²) in [5, 5.41) is 10.7. The normalized spacial score (nSPS) is 12.9. The minimum Gasteiger partial charge on any atom is -0.481 e. The predicted molar refractivity (Wildman–Crippen MR) is 112 cm³/mol. The first-order valence-corrected chi connectivity index (χ1v) is 9.35. The van der Waals surface area contributed by atoms with Crippen molar-refractivity contribution in [3.8, 4) is 17.1 Å². The fourth-order valence-corrected chi connectivity index (χ4v) is 3.46. The number of ether oxygens (including phenoxy) is 1. The van der Waals surface area contributed by atoms with Gasteiger partial charge in [-0.2, -0.15) is 0 Å². The molecule has 0 spiro atoms. The molecule has 144 valence electrons. The van der Waals surface area contributed by atoms with E-state index in [9.17, 15) is 5.11 Å². The van der Waals surface area contributed by atoms with E-state index in [1.807, 2.05) is 78.9 Å².